The Bertz CT molecular complexity index is 413. The fraction of sp³-hybridized carbons (Fsp3) is 0.846. The molecule has 5 nitrogen and oxygen atoms in total. The summed E-state index contributed by atoms with van der Waals surface area (Å²) in [5.41, 5.74) is 0. The molecule has 1 aliphatic heterocycles. The number of ether oxygens (including phenoxy) is 1. The number of hydrogen-bond acceptors (Lipinski definition) is 4. The minimum absolute atomic E-state index is 0.302. The van der Waals surface area contributed by atoms with Crippen LogP contribution in [0.2, 0.25) is 0 Å². The summed E-state index contributed by atoms with van der Waals surface area (Å²) >= 11 is 0. The smallest absolute Gasteiger partial charge is 0.147 e. The molecule has 18 heavy (non-hydrogen) atoms. The van der Waals surface area contributed by atoms with Crippen LogP contribution in [0.15, 0.2) is 0 Å². The molecule has 1 aromatic rings. The van der Waals surface area contributed by atoms with Gasteiger partial charge in [0.25, 0.3) is 0 Å². The molecule has 0 amide bonds. The molecular weight excluding hydrogens is 228 g/mol. The lowest BCUT2D eigenvalue weighted by atomic mass is 10.2. The fourth-order valence-corrected chi connectivity index (χ4v) is 2.58. The molecule has 100 valence electrons. The normalized spacial score (nSPS) is 27.9. The van der Waals surface area contributed by atoms with Crippen LogP contribution in [0.25, 0.3) is 0 Å². The molecule has 2 atom stereocenters. The van der Waals surface area contributed by atoms with Crippen LogP contribution in [-0.4, -0.2) is 39.6 Å². The van der Waals surface area contributed by atoms with Gasteiger partial charge >= 0.3 is 0 Å². The SMILES string of the molecule is Cc1nc(C)n(CC2CCC(CNC3CC3)O2)n1. The van der Waals surface area contributed by atoms with E-state index in [1.807, 2.05) is 18.5 Å². The van der Waals surface area contributed by atoms with Gasteiger partial charge in [0, 0.05) is 12.6 Å². The van der Waals surface area contributed by atoms with Crippen molar-refractivity contribution in [3.63, 3.8) is 0 Å². The number of nitrogens with zero attached hydrogens (tertiary/aromatic N) is 3. The molecule has 1 aliphatic carbocycles. The van der Waals surface area contributed by atoms with E-state index in [2.05, 4.69) is 15.4 Å². The molecular formula is C13H22N4O. The number of hydrogen-bond donors (Lipinski definition) is 1. The second-order valence-electron chi connectivity index (χ2n) is 5.53. The highest BCUT2D eigenvalue weighted by Crippen LogP contribution is 2.23. The fourth-order valence-electron chi connectivity index (χ4n) is 2.58. The van der Waals surface area contributed by atoms with Crippen molar-refractivity contribution in [2.24, 2.45) is 0 Å². The van der Waals surface area contributed by atoms with Crippen molar-refractivity contribution in [2.75, 3.05) is 6.54 Å². The van der Waals surface area contributed by atoms with Gasteiger partial charge in [-0.2, -0.15) is 5.10 Å². The number of aromatic nitrogens is 3. The highest BCUT2D eigenvalue weighted by Gasteiger charge is 2.28. The first-order valence-electron chi connectivity index (χ1n) is 6.97. The van der Waals surface area contributed by atoms with Gasteiger partial charge in [-0.25, -0.2) is 9.67 Å². The second kappa shape index (κ2) is 4.97. The zero-order valence-electron chi connectivity index (χ0n) is 11.2. The molecule has 2 unspecified atom stereocenters. The van der Waals surface area contributed by atoms with E-state index in [1.54, 1.807) is 0 Å². The largest absolute Gasteiger partial charge is 0.372 e. The quantitative estimate of drug-likeness (QED) is 0.853. The minimum atomic E-state index is 0.302. The van der Waals surface area contributed by atoms with Crippen molar-refractivity contribution < 1.29 is 4.74 Å². The molecule has 1 saturated heterocycles. The molecule has 0 aromatic carbocycles. The van der Waals surface area contributed by atoms with Crippen LogP contribution in [0, 0.1) is 13.8 Å². The summed E-state index contributed by atoms with van der Waals surface area (Å²) in [5.74, 6) is 1.83. The Hall–Kier alpha value is -0.940. The van der Waals surface area contributed by atoms with Gasteiger partial charge in [0.15, 0.2) is 0 Å². The molecule has 1 aromatic heterocycles. The van der Waals surface area contributed by atoms with Crippen molar-refractivity contribution in [2.45, 2.75) is 64.3 Å². The van der Waals surface area contributed by atoms with Gasteiger partial charge in [-0.05, 0) is 39.5 Å². The first-order chi connectivity index (χ1) is 8.70. The number of nitrogens with one attached hydrogen (secondary N) is 1. The lowest BCUT2D eigenvalue weighted by molar-refractivity contribution is 0.0336. The summed E-state index contributed by atoms with van der Waals surface area (Å²) in [6, 6.07) is 0.771. The highest BCUT2D eigenvalue weighted by molar-refractivity contribution is 4.89. The standard InChI is InChI=1S/C13H22N4O/c1-9-15-10(2)17(16-9)8-13-6-5-12(18-13)7-14-11-3-4-11/h11-14H,3-8H2,1-2H3. The summed E-state index contributed by atoms with van der Waals surface area (Å²) in [4.78, 5) is 4.32. The Morgan fingerprint density at radius 1 is 1.22 bits per heavy atom. The molecule has 0 spiro atoms. The lowest BCUT2D eigenvalue weighted by Gasteiger charge is -2.14. The zero-order valence-corrected chi connectivity index (χ0v) is 11.2. The molecule has 3 rings (SSSR count). The van der Waals surface area contributed by atoms with E-state index < -0.39 is 0 Å². The maximum absolute atomic E-state index is 6.06. The van der Waals surface area contributed by atoms with E-state index in [0.717, 1.165) is 43.6 Å². The van der Waals surface area contributed by atoms with Crippen LogP contribution < -0.4 is 5.32 Å². The first-order valence-corrected chi connectivity index (χ1v) is 6.97. The second-order valence-corrected chi connectivity index (χ2v) is 5.53. The molecule has 5 heteroatoms. The van der Waals surface area contributed by atoms with Crippen molar-refractivity contribution in [3.8, 4) is 0 Å². The Morgan fingerprint density at radius 2 is 2.00 bits per heavy atom. The van der Waals surface area contributed by atoms with Crippen LogP contribution in [-0.2, 0) is 11.3 Å². The Kier molecular flexibility index (Phi) is 3.35. The highest BCUT2D eigenvalue weighted by atomic mass is 16.5. The predicted octanol–water partition coefficient (Wildman–Crippen LogP) is 1.19. The molecule has 0 radical (unpaired) electrons. The monoisotopic (exact) mass is 250 g/mol. The summed E-state index contributed by atoms with van der Waals surface area (Å²) in [7, 11) is 0. The Morgan fingerprint density at radius 3 is 2.67 bits per heavy atom. The lowest BCUT2D eigenvalue weighted by Crippen LogP contribution is -2.29. The van der Waals surface area contributed by atoms with Crippen molar-refractivity contribution in [1.82, 2.24) is 20.1 Å². The predicted molar refractivity (Wildman–Crippen MR) is 68.4 cm³/mol. The number of rotatable bonds is 5. The van der Waals surface area contributed by atoms with E-state index in [4.69, 9.17) is 4.74 Å². The van der Waals surface area contributed by atoms with Gasteiger partial charge in [-0.15, -0.1) is 0 Å². The first kappa shape index (κ1) is 12.1. The molecule has 2 heterocycles. The van der Waals surface area contributed by atoms with Gasteiger partial charge in [0.2, 0.25) is 0 Å². The zero-order chi connectivity index (χ0) is 12.5. The van der Waals surface area contributed by atoms with Crippen molar-refractivity contribution in [1.29, 1.82) is 0 Å². The van der Waals surface area contributed by atoms with E-state index in [0.29, 0.717) is 12.2 Å². The van der Waals surface area contributed by atoms with Crippen LogP contribution in [0.3, 0.4) is 0 Å². The summed E-state index contributed by atoms with van der Waals surface area (Å²) in [6.45, 7) is 5.78. The number of aryl methyl sites for hydroxylation is 2. The summed E-state index contributed by atoms with van der Waals surface area (Å²) in [6.07, 6.45) is 5.67. The third kappa shape index (κ3) is 2.90. The van der Waals surface area contributed by atoms with Crippen LogP contribution in [0.1, 0.15) is 37.3 Å². The molecule has 0 bridgehead atoms. The topological polar surface area (TPSA) is 52.0 Å². The summed E-state index contributed by atoms with van der Waals surface area (Å²) in [5, 5.41) is 7.93. The Balaban J connectivity index is 1.47. The van der Waals surface area contributed by atoms with Crippen molar-refractivity contribution >= 4 is 0 Å². The van der Waals surface area contributed by atoms with E-state index in [-0.39, 0.29) is 0 Å². The van der Waals surface area contributed by atoms with Crippen molar-refractivity contribution in [3.05, 3.63) is 11.6 Å². The summed E-state index contributed by atoms with van der Waals surface area (Å²) < 4.78 is 8.03. The minimum Gasteiger partial charge on any atom is -0.372 e. The van der Waals surface area contributed by atoms with Gasteiger partial charge in [-0.3, -0.25) is 0 Å². The molecule has 2 fully saturated rings. The molecule has 2 aliphatic rings. The molecule has 1 N–H and O–H groups in total. The molecule has 1 saturated carbocycles. The van der Waals surface area contributed by atoms with E-state index in [9.17, 15) is 0 Å². The third-order valence-corrected chi connectivity index (χ3v) is 3.75. The van der Waals surface area contributed by atoms with Gasteiger partial charge in [-0.1, -0.05) is 0 Å². The van der Waals surface area contributed by atoms with Gasteiger partial charge < -0.3 is 10.1 Å². The van der Waals surface area contributed by atoms with Gasteiger partial charge in [0.05, 0.1) is 18.8 Å². The maximum Gasteiger partial charge on any atom is 0.147 e. The van der Waals surface area contributed by atoms with Crippen LogP contribution in [0.5, 0.6) is 0 Å². The van der Waals surface area contributed by atoms with Gasteiger partial charge in [0.1, 0.15) is 11.6 Å². The average molecular weight is 250 g/mol. The van der Waals surface area contributed by atoms with Crippen LogP contribution in [0.4, 0.5) is 0 Å². The van der Waals surface area contributed by atoms with E-state index >= 15 is 0 Å². The van der Waals surface area contributed by atoms with Crippen LogP contribution >= 0.6 is 0 Å². The third-order valence-electron chi connectivity index (χ3n) is 3.75. The average Bonchev–Trinajstić information content (AvgIpc) is 2.97. The Labute approximate surface area is 108 Å². The van der Waals surface area contributed by atoms with E-state index in [1.165, 1.54) is 12.8 Å². The maximum atomic E-state index is 6.06.